The molecule has 4 heterocycles. The topological polar surface area (TPSA) is 66.3 Å². The van der Waals surface area contributed by atoms with Crippen molar-refractivity contribution >= 4 is 17.1 Å². The average molecular weight is 357 g/mol. The van der Waals surface area contributed by atoms with Crippen LogP contribution in [0, 0.1) is 6.92 Å². The van der Waals surface area contributed by atoms with Crippen molar-refractivity contribution in [3.63, 3.8) is 0 Å². The van der Waals surface area contributed by atoms with Crippen LogP contribution in [-0.2, 0) is 13.0 Å². The summed E-state index contributed by atoms with van der Waals surface area (Å²) in [7, 11) is 0. The second-order valence-corrected chi connectivity index (χ2v) is 7.80. The molecule has 6 nitrogen and oxygen atoms in total. The molecule has 25 heavy (non-hydrogen) atoms. The van der Waals surface area contributed by atoms with Crippen molar-refractivity contribution in [1.82, 2.24) is 24.5 Å². The molecule has 0 aliphatic carbocycles. The summed E-state index contributed by atoms with van der Waals surface area (Å²) >= 11 is 1.84. The highest BCUT2D eigenvalue weighted by Gasteiger charge is 2.23. The molecule has 1 unspecified atom stereocenters. The molecule has 1 aliphatic rings. The van der Waals surface area contributed by atoms with Crippen molar-refractivity contribution in [2.24, 2.45) is 0 Å². The number of rotatable bonds is 5. The Kier molecular flexibility index (Phi) is 4.67. The first-order valence-corrected chi connectivity index (χ1v) is 9.79. The molecule has 1 saturated heterocycles. The number of thiophene rings is 1. The number of H-pyrrole nitrogens is 1. The summed E-state index contributed by atoms with van der Waals surface area (Å²) in [5.41, 5.74) is 0.729. The monoisotopic (exact) mass is 357 g/mol. The van der Waals surface area contributed by atoms with Gasteiger partial charge >= 0.3 is 0 Å². The lowest BCUT2D eigenvalue weighted by Gasteiger charge is -2.35. The van der Waals surface area contributed by atoms with E-state index < -0.39 is 0 Å². The minimum atomic E-state index is -0.0901. The Bertz CT molecular complexity index is 898. The lowest BCUT2D eigenvalue weighted by atomic mass is 9.97. The molecule has 0 amide bonds. The number of aryl methyl sites for hydroxylation is 2. The Hall–Kier alpha value is -1.99. The summed E-state index contributed by atoms with van der Waals surface area (Å²) in [4.78, 5) is 25.1. The molecular weight excluding hydrogens is 334 g/mol. The Balaban J connectivity index is 1.50. The summed E-state index contributed by atoms with van der Waals surface area (Å²) in [5, 5.41) is 5.07. The van der Waals surface area contributed by atoms with Crippen molar-refractivity contribution in [2.45, 2.75) is 51.6 Å². The van der Waals surface area contributed by atoms with Crippen molar-refractivity contribution in [3.8, 4) is 0 Å². The number of hydrogen-bond acceptors (Lipinski definition) is 5. The maximum absolute atomic E-state index is 12.3. The first kappa shape index (κ1) is 16.5. The van der Waals surface area contributed by atoms with Gasteiger partial charge in [0.15, 0.2) is 0 Å². The van der Waals surface area contributed by atoms with Crippen LogP contribution in [0.2, 0.25) is 0 Å². The van der Waals surface area contributed by atoms with Crippen LogP contribution in [0.3, 0.4) is 0 Å². The molecule has 7 heteroatoms. The van der Waals surface area contributed by atoms with Crippen molar-refractivity contribution in [2.75, 3.05) is 6.54 Å². The van der Waals surface area contributed by atoms with Crippen LogP contribution in [-0.4, -0.2) is 37.1 Å². The highest BCUT2D eigenvalue weighted by atomic mass is 32.1. The quantitative estimate of drug-likeness (QED) is 0.762. The summed E-state index contributed by atoms with van der Waals surface area (Å²) in [6.07, 6.45) is 6.04. The van der Waals surface area contributed by atoms with E-state index in [-0.39, 0.29) is 5.56 Å². The van der Waals surface area contributed by atoms with E-state index in [1.54, 1.807) is 6.07 Å². The van der Waals surface area contributed by atoms with Crippen LogP contribution in [0.4, 0.5) is 0 Å². The third-order valence-corrected chi connectivity index (χ3v) is 5.85. The molecule has 1 fully saturated rings. The van der Waals surface area contributed by atoms with E-state index in [0.717, 1.165) is 25.2 Å². The van der Waals surface area contributed by atoms with E-state index in [4.69, 9.17) is 0 Å². The Morgan fingerprint density at radius 1 is 1.36 bits per heavy atom. The molecule has 3 aromatic rings. The minimum Gasteiger partial charge on any atom is -0.295 e. The van der Waals surface area contributed by atoms with Crippen LogP contribution >= 0.6 is 11.3 Å². The van der Waals surface area contributed by atoms with Gasteiger partial charge in [0.1, 0.15) is 5.82 Å². The van der Waals surface area contributed by atoms with Gasteiger partial charge in [-0.1, -0.05) is 12.5 Å². The van der Waals surface area contributed by atoms with Crippen LogP contribution in [0.5, 0.6) is 0 Å². The predicted molar refractivity (Wildman–Crippen MR) is 99.0 cm³/mol. The van der Waals surface area contributed by atoms with Gasteiger partial charge in [0.2, 0.25) is 0 Å². The number of fused-ring (bicyclic) bond motifs is 1. The molecule has 3 aromatic heterocycles. The van der Waals surface area contributed by atoms with Gasteiger partial charge in [0.05, 0.1) is 5.69 Å². The highest BCUT2D eigenvalue weighted by Crippen LogP contribution is 2.24. The van der Waals surface area contributed by atoms with E-state index in [0.29, 0.717) is 17.6 Å². The van der Waals surface area contributed by atoms with Gasteiger partial charge in [-0.2, -0.15) is 9.50 Å². The normalized spacial score (nSPS) is 18.8. The third-order valence-electron chi connectivity index (χ3n) is 4.91. The standard InChI is InChI=1S/C18H23N5OS/c1-13-19-18-20-14(11-17(24)23(18)21-13)12-22-9-3-2-5-15(22)7-8-16-6-4-10-25-16/h4,6,10-11,15H,2-3,5,7-9,12H2,1H3,(H,19,20,21). The molecule has 4 rings (SSSR count). The van der Waals surface area contributed by atoms with Gasteiger partial charge in [-0.15, -0.1) is 11.3 Å². The molecule has 0 aromatic carbocycles. The summed E-state index contributed by atoms with van der Waals surface area (Å²) < 4.78 is 1.41. The van der Waals surface area contributed by atoms with Crippen molar-refractivity contribution in [1.29, 1.82) is 0 Å². The number of likely N-dealkylation sites (tertiary alicyclic amines) is 1. The zero-order valence-electron chi connectivity index (χ0n) is 14.4. The van der Waals surface area contributed by atoms with Crippen molar-refractivity contribution in [3.05, 3.63) is 50.3 Å². The second-order valence-electron chi connectivity index (χ2n) is 6.77. The second kappa shape index (κ2) is 7.09. The molecule has 1 aliphatic heterocycles. The van der Waals surface area contributed by atoms with E-state index >= 15 is 0 Å². The number of aromatic amines is 1. The molecule has 0 saturated carbocycles. The van der Waals surface area contributed by atoms with Gasteiger partial charge in [-0.3, -0.25) is 14.8 Å². The van der Waals surface area contributed by atoms with Gasteiger partial charge in [-0.05, 0) is 50.6 Å². The molecule has 1 atom stereocenters. The summed E-state index contributed by atoms with van der Waals surface area (Å²) in [6.45, 7) is 3.64. The zero-order chi connectivity index (χ0) is 17.2. The maximum atomic E-state index is 12.3. The molecule has 1 N–H and O–H groups in total. The number of nitrogens with one attached hydrogen (secondary N) is 1. The van der Waals surface area contributed by atoms with Gasteiger partial charge in [0.25, 0.3) is 11.3 Å². The zero-order valence-corrected chi connectivity index (χ0v) is 15.3. The highest BCUT2D eigenvalue weighted by molar-refractivity contribution is 7.09. The maximum Gasteiger partial charge on any atom is 0.274 e. The molecule has 132 valence electrons. The Labute approximate surface area is 150 Å². The Morgan fingerprint density at radius 3 is 3.12 bits per heavy atom. The predicted octanol–water partition coefficient (Wildman–Crippen LogP) is 2.77. The fourth-order valence-electron chi connectivity index (χ4n) is 3.68. The van der Waals surface area contributed by atoms with Crippen LogP contribution < -0.4 is 5.56 Å². The largest absolute Gasteiger partial charge is 0.295 e. The van der Waals surface area contributed by atoms with Crippen LogP contribution in [0.25, 0.3) is 5.78 Å². The molecule has 0 bridgehead atoms. The SMILES string of the molecule is Cc1nc2nc(CN3CCCCC3CCc3cccs3)cc(=O)n2[nH]1. The van der Waals surface area contributed by atoms with E-state index in [2.05, 4.69) is 37.5 Å². The lowest BCUT2D eigenvalue weighted by Crippen LogP contribution is -2.39. The lowest BCUT2D eigenvalue weighted by molar-refractivity contribution is 0.131. The Morgan fingerprint density at radius 2 is 2.28 bits per heavy atom. The summed E-state index contributed by atoms with van der Waals surface area (Å²) in [6, 6.07) is 6.54. The first-order valence-electron chi connectivity index (χ1n) is 8.91. The number of aromatic nitrogens is 4. The third kappa shape index (κ3) is 3.67. The van der Waals surface area contributed by atoms with E-state index in [1.165, 1.54) is 35.1 Å². The summed E-state index contributed by atoms with van der Waals surface area (Å²) in [5.74, 6) is 1.17. The number of piperidine rings is 1. The van der Waals surface area contributed by atoms with Gasteiger partial charge in [-0.25, -0.2) is 4.98 Å². The van der Waals surface area contributed by atoms with Crippen LogP contribution in [0.15, 0.2) is 28.4 Å². The fourth-order valence-corrected chi connectivity index (χ4v) is 4.41. The van der Waals surface area contributed by atoms with E-state index in [9.17, 15) is 4.79 Å². The van der Waals surface area contributed by atoms with E-state index in [1.807, 2.05) is 18.3 Å². The van der Waals surface area contributed by atoms with Gasteiger partial charge in [0, 0.05) is 23.5 Å². The minimum absolute atomic E-state index is 0.0901. The molecule has 0 radical (unpaired) electrons. The smallest absolute Gasteiger partial charge is 0.274 e. The molecular formula is C18H23N5OS. The fraction of sp³-hybridized carbons (Fsp3) is 0.500. The first-order chi connectivity index (χ1) is 12.2. The van der Waals surface area contributed by atoms with Crippen LogP contribution in [0.1, 0.15) is 42.1 Å². The average Bonchev–Trinajstić information content (AvgIpc) is 3.23. The number of hydrogen-bond donors (Lipinski definition) is 1. The number of nitrogens with zero attached hydrogens (tertiary/aromatic N) is 4. The van der Waals surface area contributed by atoms with Crippen molar-refractivity contribution < 1.29 is 0 Å². The molecule has 0 spiro atoms. The van der Waals surface area contributed by atoms with Gasteiger partial charge < -0.3 is 0 Å².